The maximum absolute atomic E-state index is 11.8. The number of fused-ring (bicyclic) bond motifs is 1. The van der Waals surface area contributed by atoms with E-state index in [0.29, 0.717) is 16.3 Å². The van der Waals surface area contributed by atoms with E-state index >= 15 is 0 Å². The van der Waals surface area contributed by atoms with Gasteiger partial charge in [-0.25, -0.2) is 0 Å². The van der Waals surface area contributed by atoms with E-state index in [1.54, 1.807) is 12.1 Å². The van der Waals surface area contributed by atoms with Crippen molar-refractivity contribution < 1.29 is 14.6 Å². The Morgan fingerprint density at radius 2 is 2.17 bits per heavy atom. The van der Waals surface area contributed by atoms with Crippen molar-refractivity contribution in [2.45, 2.75) is 6.54 Å². The normalized spacial score (nSPS) is 10.6. The molecule has 0 saturated heterocycles. The highest BCUT2D eigenvalue weighted by atomic mass is 35.5. The molecular weight excluding hydrogens is 258 g/mol. The van der Waals surface area contributed by atoms with Crippen molar-refractivity contribution in [1.82, 2.24) is 4.57 Å². The Kier molecular flexibility index (Phi) is 3.25. The molecule has 0 saturated carbocycles. The molecule has 1 heterocycles. The number of hydrogen-bond acceptors (Lipinski definition) is 3. The van der Waals surface area contributed by atoms with Gasteiger partial charge >= 0.3 is 5.97 Å². The lowest BCUT2D eigenvalue weighted by Crippen LogP contribution is -2.14. The van der Waals surface area contributed by atoms with Gasteiger partial charge in [0, 0.05) is 12.3 Å². The zero-order valence-corrected chi connectivity index (χ0v) is 10.3. The van der Waals surface area contributed by atoms with Crippen LogP contribution in [0.25, 0.3) is 10.9 Å². The van der Waals surface area contributed by atoms with Crippen molar-refractivity contribution in [2.24, 2.45) is 0 Å². The second-order valence-corrected chi connectivity index (χ2v) is 4.08. The molecule has 2 aromatic rings. The first-order valence-electron chi connectivity index (χ1n) is 5.12. The fourth-order valence-electron chi connectivity index (χ4n) is 1.83. The highest BCUT2D eigenvalue weighted by molar-refractivity contribution is 6.35. The Morgan fingerprint density at radius 3 is 2.78 bits per heavy atom. The van der Waals surface area contributed by atoms with E-state index in [4.69, 9.17) is 21.4 Å². The molecule has 1 aromatic carbocycles. The van der Waals surface area contributed by atoms with Crippen LogP contribution in [-0.2, 0) is 11.3 Å². The number of aromatic nitrogens is 1. The van der Waals surface area contributed by atoms with Gasteiger partial charge < -0.3 is 14.4 Å². The molecule has 0 spiro atoms. The molecule has 0 fully saturated rings. The molecule has 5 nitrogen and oxygen atoms in total. The zero-order valence-electron chi connectivity index (χ0n) is 9.51. The van der Waals surface area contributed by atoms with E-state index in [-0.39, 0.29) is 17.4 Å². The summed E-state index contributed by atoms with van der Waals surface area (Å²) in [6.07, 6.45) is 1.41. The lowest BCUT2D eigenvalue weighted by atomic mass is 10.2. The molecule has 0 aliphatic rings. The number of nitrogens with zero attached hydrogens (tertiary/aromatic N) is 1. The Hall–Kier alpha value is -2.01. The van der Waals surface area contributed by atoms with E-state index in [9.17, 15) is 9.59 Å². The van der Waals surface area contributed by atoms with Gasteiger partial charge in [0.1, 0.15) is 12.3 Å². The molecule has 0 unspecified atom stereocenters. The van der Waals surface area contributed by atoms with Gasteiger partial charge in [-0.1, -0.05) is 11.6 Å². The number of carboxylic acid groups (broad SMARTS) is 1. The van der Waals surface area contributed by atoms with Gasteiger partial charge in [-0.2, -0.15) is 0 Å². The Balaban J connectivity index is 2.87. The molecule has 0 amide bonds. The van der Waals surface area contributed by atoms with Crippen molar-refractivity contribution in [2.75, 3.05) is 7.11 Å². The van der Waals surface area contributed by atoms with Gasteiger partial charge in [-0.3, -0.25) is 9.59 Å². The molecule has 0 radical (unpaired) electrons. The Bertz CT molecular complexity index is 678. The lowest BCUT2D eigenvalue weighted by molar-refractivity contribution is -0.137. The Labute approximate surface area is 107 Å². The van der Waals surface area contributed by atoms with Gasteiger partial charge in [0.25, 0.3) is 0 Å². The van der Waals surface area contributed by atoms with Crippen LogP contribution in [0.15, 0.2) is 29.2 Å². The quantitative estimate of drug-likeness (QED) is 0.920. The van der Waals surface area contributed by atoms with E-state index < -0.39 is 5.97 Å². The van der Waals surface area contributed by atoms with Gasteiger partial charge in [0.15, 0.2) is 5.43 Å². The SMILES string of the molecule is COc1ccc(Cl)c2c1c(=O)ccn2CC(=O)O. The number of benzene rings is 1. The van der Waals surface area contributed by atoms with Gasteiger partial charge in [-0.15, -0.1) is 0 Å². The number of hydrogen-bond donors (Lipinski definition) is 1. The van der Waals surface area contributed by atoms with Gasteiger partial charge in [0.05, 0.1) is 23.0 Å². The van der Waals surface area contributed by atoms with E-state index in [2.05, 4.69) is 0 Å². The van der Waals surface area contributed by atoms with Crippen LogP contribution < -0.4 is 10.2 Å². The number of carboxylic acids is 1. The number of ether oxygens (including phenoxy) is 1. The van der Waals surface area contributed by atoms with Crippen LogP contribution in [0, 0.1) is 0 Å². The molecule has 0 bridgehead atoms. The summed E-state index contributed by atoms with van der Waals surface area (Å²) in [5, 5.41) is 9.44. The van der Waals surface area contributed by atoms with Crippen molar-refractivity contribution in [3.8, 4) is 5.75 Å². The van der Waals surface area contributed by atoms with Crippen molar-refractivity contribution >= 4 is 28.5 Å². The number of aliphatic carboxylic acids is 1. The summed E-state index contributed by atoms with van der Waals surface area (Å²) in [5.41, 5.74) is 0.108. The molecule has 1 aromatic heterocycles. The summed E-state index contributed by atoms with van der Waals surface area (Å²) in [5.74, 6) is -0.641. The number of pyridine rings is 1. The second-order valence-electron chi connectivity index (χ2n) is 3.67. The molecule has 0 aliphatic carbocycles. The minimum Gasteiger partial charge on any atom is -0.496 e. The maximum Gasteiger partial charge on any atom is 0.323 e. The molecule has 0 aliphatic heterocycles. The topological polar surface area (TPSA) is 68.5 Å². The van der Waals surface area contributed by atoms with Crippen LogP contribution in [0.1, 0.15) is 0 Å². The van der Waals surface area contributed by atoms with E-state index in [1.807, 2.05) is 0 Å². The van der Waals surface area contributed by atoms with Gasteiger partial charge in [-0.05, 0) is 12.1 Å². The van der Waals surface area contributed by atoms with Crippen LogP contribution >= 0.6 is 11.6 Å². The smallest absolute Gasteiger partial charge is 0.323 e. The van der Waals surface area contributed by atoms with Crippen LogP contribution in [0.2, 0.25) is 5.02 Å². The van der Waals surface area contributed by atoms with Crippen molar-refractivity contribution in [3.63, 3.8) is 0 Å². The molecular formula is C12H10ClNO4. The third-order valence-corrected chi connectivity index (χ3v) is 2.86. The monoisotopic (exact) mass is 267 g/mol. The molecule has 1 N–H and O–H groups in total. The Morgan fingerprint density at radius 1 is 1.44 bits per heavy atom. The lowest BCUT2D eigenvalue weighted by Gasteiger charge is -2.12. The molecule has 6 heteroatoms. The fraction of sp³-hybridized carbons (Fsp3) is 0.167. The highest BCUT2D eigenvalue weighted by Gasteiger charge is 2.13. The largest absolute Gasteiger partial charge is 0.496 e. The number of rotatable bonds is 3. The minimum absolute atomic E-state index is 0.258. The van der Waals surface area contributed by atoms with Crippen LogP contribution in [0.4, 0.5) is 0 Å². The zero-order chi connectivity index (χ0) is 13.3. The summed E-state index contributed by atoms with van der Waals surface area (Å²) < 4.78 is 6.51. The predicted molar refractivity (Wildman–Crippen MR) is 67.4 cm³/mol. The average Bonchev–Trinajstić information content (AvgIpc) is 2.32. The van der Waals surface area contributed by atoms with Crippen molar-refractivity contribution in [3.05, 3.63) is 39.6 Å². The first-order chi connectivity index (χ1) is 8.54. The number of carbonyl (C=O) groups is 1. The fourth-order valence-corrected chi connectivity index (χ4v) is 2.10. The number of halogens is 1. The molecule has 2 rings (SSSR count). The van der Waals surface area contributed by atoms with Crippen LogP contribution in [-0.4, -0.2) is 22.8 Å². The first-order valence-corrected chi connectivity index (χ1v) is 5.50. The molecule has 0 atom stereocenters. The van der Waals surface area contributed by atoms with Crippen molar-refractivity contribution in [1.29, 1.82) is 0 Å². The molecule has 18 heavy (non-hydrogen) atoms. The third kappa shape index (κ3) is 2.04. The summed E-state index contributed by atoms with van der Waals surface area (Å²) in [7, 11) is 1.44. The summed E-state index contributed by atoms with van der Waals surface area (Å²) in [4.78, 5) is 22.6. The predicted octanol–water partition coefficient (Wildman–Crippen LogP) is 1.75. The minimum atomic E-state index is -1.01. The van der Waals surface area contributed by atoms with Crippen LogP contribution in [0.3, 0.4) is 0 Å². The standard InChI is InChI=1S/C12H10ClNO4/c1-18-9-3-2-7(13)12-11(9)8(15)4-5-14(12)6-10(16)17/h2-5H,6H2,1H3,(H,16,17). The summed E-state index contributed by atoms with van der Waals surface area (Å²) in [6, 6.07) is 4.45. The first kappa shape index (κ1) is 12.4. The van der Waals surface area contributed by atoms with Crippen LogP contribution in [0.5, 0.6) is 5.75 Å². The van der Waals surface area contributed by atoms with E-state index in [1.165, 1.54) is 23.9 Å². The van der Waals surface area contributed by atoms with Gasteiger partial charge in [0.2, 0.25) is 0 Å². The summed E-state index contributed by atoms with van der Waals surface area (Å²) >= 11 is 6.04. The number of methoxy groups -OCH3 is 1. The highest BCUT2D eigenvalue weighted by Crippen LogP contribution is 2.28. The maximum atomic E-state index is 11.8. The third-order valence-electron chi connectivity index (χ3n) is 2.56. The molecule has 94 valence electrons. The van der Waals surface area contributed by atoms with E-state index in [0.717, 1.165) is 0 Å². The second kappa shape index (κ2) is 4.70. The average molecular weight is 268 g/mol. The summed E-state index contributed by atoms with van der Waals surface area (Å²) in [6.45, 7) is -0.274.